The van der Waals surface area contributed by atoms with E-state index >= 15 is 0 Å². The fourth-order valence-corrected chi connectivity index (χ4v) is 1.11. The van der Waals surface area contributed by atoms with Crippen LogP contribution in [0.4, 0.5) is 0 Å². The second-order valence-corrected chi connectivity index (χ2v) is 3.18. The van der Waals surface area contributed by atoms with Crippen molar-refractivity contribution in [1.29, 1.82) is 0 Å². The van der Waals surface area contributed by atoms with Crippen LogP contribution in [0.2, 0.25) is 0 Å². The molecular formula is C10H12O4. The molecule has 0 aliphatic rings. The normalized spacial score (nSPS) is 12.4. The molecule has 0 bridgehead atoms. The molecule has 0 aliphatic heterocycles. The van der Waals surface area contributed by atoms with Gasteiger partial charge >= 0.3 is 5.97 Å². The molecule has 0 fully saturated rings. The van der Waals surface area contributed by atoms with Crippen LogP contribution in [0.3, 0.4) is 0 Å². The second kappa shape index (κ2) is 4.09. The average Bonchev–Trinajstić information content (AvgIpc) is 2.16. The molecule has 14 heavy (non-hydrogen) atoms. The smallest absolute Gasteiger partial charge is 0.371 e. The predicted octanol–water partition coefficient (Wildman–Crippen LogP) is 1.85. The fourth-order valence-electron chi connectivity index (χ4n) is 1.11. The summed E-state index contributed by atoms with van der Waals surface area (Å²) in [6.07, 6.45) is 2.05. The SMILES string of the molecule is CC[C@H](C)c1coc(C(=O)O)cc1=O. The first-order chi connectivity index (χ1) is 6.56. The lowest BCUT2D eigenvalue weighted by atomic mass is 10.0. The van der Waals surface area contributed by atoms with Gasteiger partial charge in [0.05, 0.1) is 6.26 Å². The van der Waals surface area contributed by atoms with Crippen LogP contribution in [-0.2, 0) is 0 Å². The largest absolute Gasteiger partial charge is 0.475 e. The Labute approximate surface area is 81.2 Å². The maximum absolute atomic E-state index is 11.4. The van der Waals surface area contributed by atoms with Gasteiger partial charge in [0.15, 0.2) is 5.43 Å². The summed E-state index contributed by atoms with van der Waals surface area (Å²) in [6.45, 7) is 3.85. The number of carbonyl (C=O) groups is 1. The van der Waals surface area contributed by atoms with Crippen molar-refractivity contribution in [2.24, 2.45) is 0 Å². The number of aromatic carboxylic acids is 1. The van der Waals surface area contributed by atoms with Crippen molar-refractivity contribution in [3.63, 3.8) is 0 Å². The summed E-state index contributed by atoms with van der Waals surface area (Å²) in [4.78, 5) is 21.9. The number of carboxylic acid groups (broad SMARTS) is 1. The Morgan fingerprint density at radius 2 is 2.29 bits per heavy atom. The van der Waals surface area contributed by atoms with Crippen molar-refractivity contribution >= 4 is 5.97 Å². The van der Waals surface area contributed by atoms with Crippen molar-refractivity contribution in [2.75, 3.05) is 0 Å². The topological polar surface area (TPSA) is 67.5 Å². The zero-order valence-electron chi connectivity index (χ0n) is 8.11. The Kier molecular flexibility index (Phi) is 3.06. The molecule has 76 valence electrons. The fraction of sp³-hybridized carbons (Fsp3) is 0.400. The van der Waals surface area contributed by atoms with Gasteiger partial charge in [0.25, 0.3) is 0 Å². The van der Waals surface area contributed by atoms with Crippen LogP contribution in [0.5, 0.6) is 0 Å². The highest BCUT2D eigenvalue weighted by molar-refractivity contribution is 5.84. The van der Waals surface area contributed by atoms with Gasteiger partial charge in [0, 0.05) is 11.6 Å². The minimum Gasteiger partial charge on any atom is -0.475 e. The lowest BCUT2D eigenvalue weighted by Crippen LogP contribution is -2.12. The van der Waals surface area contributed by atoms with Crippen molar-refractivity contribution < 1.29 is 14.3 Å². The number of carboxylic acids is 1. The molecule has 0 unspecified atom stereocenters. The summed E-state index contributed by atoms with van der Waals surface area (Å²) in [6, 6.07) is 1.02. The van der Waals surface area contributed by atoms with Gasteiger partial charge in [-0.3, -0.25) is 4.79 Å². The second-order valence-electron chi connectivity index (χ2n) is 3.18. The summed E-state index contributed by atoms with van der Waals surface area (Å²) in [5, 5.41) is 8.56. The average molecular weight is 196 g/mol. The van der Waals surface area contributed by atoms with E-state index in [2.05, 4.69) is 0 Å². The van der Waals surface area contributed by atoms with E-state index in [1.165, 1.54) is 6.26 Å². The van der Waals surface area contributed by atoms with Crippen LogP contribution in [-0.4, -0.2) is 11.1 Å². The van der Waals surface area contributed by atoms with Crippen LogP contribution in [0.25, 0.3) is 0 Å². The number of hydrogen-bond donors (Lipinski definition) is 1. The predicted molar refractivity (Wildman–Crippen MR) is 50.6 cm³/mol. The molecule has 1 N–H and O–H groups in total. The minimum atomic E-state index is -1.22. The van der Waals surface area contributed by atoms with E-state index in [0.29, 0.717) is 5.56 Å². The molecule has 4 nitrogen and oxygen atoms in total. The highest BCUT2D eigenvalue weighted by Gasteiger charge is 2.12. The molecule has 0 saturated carbocycles. The van der Waals surface area contributed by atoms with Gasteiger partial charge in [-0.15, -0.1) is 0 Å². The molecule has 1 aromatic heterocycles. The van der Waals surface area contributed by atoms with E-state index in [9.17, 15) is 9.59 Å². The van der Waals surface area contributed by atoms with E-state index in [1.807, 2.05) is 13.8 Å². The van der Waals surface area contributed by atoms with E-state index in [4.69, 9.17) is 9.52 Å². The molecule has 0 spiro atoms. The van der Waals surface area contributed by atoms with Crippen LogP contribution in [0.1, 0.15) is 42.3 Å². The van der Waals surface area contributed by atoms with E-state index in [1.54, 1.807) is 0 Å². The van der Waals surface area contributed by atoms with Gasteiger partial charge in [0.2, 0.25) is 5.76 Å². The van der Waals surface area contributed by atoms with Gasteiger partial charge in [0.1, 0.15) is 0 Å². The summed E-state index contributed by atoms with van der Waals surface area (Å²) in [7, 11) is 0. The third-order valence-electron chi connectivity index (χ3n) is 2.21. The van der Waals surface area contributed by atoms with Crippen LogP contribution < -0.4 is 5.43 Å². The Morgan fingerprint density at radius 1 is 1.64 bits per heavy atom. The molecule has 1 aromatic rings. The highest BCUT2D eigenvalue weighted by atomic mass is 16.4. The van der Waals surface area contributed by atoms with E-state index in [0.717, 1.165) is 12.5 Å². The first-order valence-corrected chi connectivity index (χ1v) is 4.42. The van der Waals surface area contributed by atoms with Crippen LogP contribution >= 0.6 is 0 Å². The summed E-state index contributed by atoms with van der Waals surface area (Å²) in [5.41, 5.74) is 0.250. The van der Waals surface area contributed by atoms with Gasteiger partial charge in [-0.2, -0.15) is 0 Å². The number of rotatable bonds is 3. The van der Waals surface area contributed by atoms with Crippen LogP contribution in [0, 0.1) is 0 Å². The Hall–Kier alpha value is -1.58. The molecule has 1 rings (SSSR count). The van der Waals surface area contributed by atoms with Crippen molar-refractivity contribution in [2.45, 2.75) is 26.2 Å². The quantitative estimate of drug-likeness (QED) is 0.801. The zero-order chi connectivity index (χ0) is 10.7. The van der Waals surface area contributed by atoms with Gasteiger partial charge < -0.3 is 9.52 Å². The summed E-state index contributed by atoms with van der Waals surface area (Å²) in [5.74, 6) is -1.45. The van der Waals surface area contributed by atoms with Crippen molar-refractivity contribution in [1.82, 2.24) is 0 Å². The third-order valence-corrected chi connectivity index (χ3v) is 2.21. The minimum absolute atomic E-state index is 0.0918. The first kappa shape index (κ1) is 10.5. The third kappa shape index (κ3) is 2.02. The maximum atomic E-state index is 11.4. The number of hydrogen-bond acceptors (Lipinski definition) is 3. The van der Waals surface area contributed by atoms with Gasteiger partial charge in [-0.1, -0.05) is 13.8 Å². The molecule has 0 amide bonds. The highest BCUT2D eigenvalue weighted by Crippen LogP contribution is 2.14. The summed E-state index contributed by atoms with van der Waals surface area (Å²) >= 11 is 0. The Balaban J connectivity index is 3.14. The summed E-state index contributed by atoms with van der Waals surface area (Å²) < 4.78 is 4.82. The van der Waals surface area contributed by atoms with E-state index < -0.39 is 5.97 Å². The lowest BCUT2D eigenvalue weighted by molar-refractivity contribution is 0.0659. The van der Waals surface area contributed by atoms with Crippen molar-refractivity contribution in [3.8, 4) is 0 Å². The molecule has 1 atom stereocenters. The molecular weight excluding hydrogens is 184 g/mol. The molecule has 0 aliphatic carbocycles. The van der Waals surface area contributed by atoms with E-state index in [-0.39, 0.29) is 17.1 Å². The van der Waals surface area contributed by atoms with Crippen LogP contribution in [0.15, 0.2) is 21.5 Å². The maximum Gasteiger partial charge on any atom is 0.371 e. The first-order valence-electron chi connectivity index (χ1n) is 4.42. The standard InChI is InChI=1S/C10H12O4/c1-3-6(2)7-5-14-9(10(12)13)4-8(7)11/h4-6H,3H2,1-2H3,(H,12,13)/t6-/m0/s1. The molecule has 1 heterocycles. The molecule has 0 aromatic carbocycles. The zero-order valence-corrected chi connectivity index (χ0v) is 8.11. The van der Waals surface area contributed by atoms with Crippen molar-refractivity contribution in [3.05, 3.63) is 33.9 Å². The Morgan fingerprint density at radius 3 is 2.71 bits per heavy atom. The molecule has 0 radical (unpaired) electrons. The molecule has 0 saturated heterocycles. The molecule has 4 heteroatoms. The monoisotopic (exact) mass is 196 g/mol. The van der Waals surface area contributed by atoms with Gasteiger partial charge in [-0.05, 0) is 12.3 Å². The Bertz CT molecular complexity index is 391. The van der Waals surface area contributed by atoms with Gasteiger partial charge in [-0.25, -0.2) is 4.79 Å². The lowest BCUT2D eigenvalue weighted by Gasteiger charge is -2.06.